The average molecular weight is 299 g/mol. The Morgan fingerprint density at radius 1 is 1.21 bits per heavy atom. The molecule has 0 aromatic heterocycles. The van der Waals surface area contributed by atoms with Gasteiger partial charge < -0.3 is 5.32 Å². The van der Waals surface area contributed by atoms with Gasteiger partial charge in [-0.15, -0.1) is 0 Å². The van der Waals surface area contributed by atoms with Crippen molar-refractivity contribution >= 4 is 23.2 Å². The summed E-state index contributed by atoms with van der Waals surface area (Å²) in [7, 11) is 0. The van der Waals surface area contributed by atoms with Crippen molar-refractivity contribution in [3.8, 4) is 0 Å². The quantitative estimate of drug-likeness (QED) is 0.907. The van der Waals surface area contributed by atoms with Gasteiger partial charge in [0.25, 0.3) is 0 Å². The molecular formula is C15H20Cl2N2. The second-order valence-electron chi connectivity index (χ2n) is 5.76. The number of benzene rings is 1. The number of nitrogens with one attached hydrogen (secondary N) is 1. The summed E-state index contributed by atoms with van der Waals surface area (Å²) in [6.45, 7) is 4.50. The lowest BCUT2D eigenvalue weighted by Gasteiger charge is -2.25. The molecular weight excluding hydrogens is 279 g/mol. The topological polar surface area (TPSA) is 15.3 Å². The molecule has 2 nitrogen and oxygen atoms in total. The molecule has 1 aliphatic carbocycles. The fourth-order valence-electron chi connectivity index (χ4n) is 2.90. The zero-order chi connectivity index (χ0) is 13.4. The first kappa shape index (κ1) is 13.7. The monoisotopic (exact) mass is 298 g/mol. The van der Waals surface area contributed by atoms with Crippen LogP contribution in [0.15, 0.2) is 18.2 Å². The van der Waals surface area contributed by atoms with Crippen LogP contribution in [-0.4, -0.2) is 30.1 Å². The molecule has 0 radical (unpaired) electrons. The molecule has 0 amide bonds. The van der Waals surface area contributed by atoms with Crippen LogP contribution in [0, 0.1) is 0 Å². The van der Waals surface area contributed by atoms with Crippen molar-refractivity contribution in [3.63, 3.8) is 0 Å². The van der Waals surface area contributed by atoms with Crippen molar-refractivity contribution in [3.05, 3.63) is 33.8 Å². The van der Waals surface area contributed by atoms with Crippen molar-refractivity contribution in [2.45, 2.75) is 44.3 Å². The van der Waals surface area contributed by atoms with Gasteiger partial charge in [0.15, 0.2) is 0 Å². The third-order valence-corrected chi connectivity index (χ3v) is 4.79. The highest BCUT2D eigenvalue weighted by molar-refractivity contribution is 6.35. The predicted octanol–water partition coefficient (Wildman–Crippen LogP) is 3.88. The van der Waals surface area contributed by atoms with Gasteiger partial charge in [-0.25, -0.2) is 0 Å². The van der Waals surface area contributed by atoms with Crippen molar-refractivity contribution in [1.82, 2.24) is 10.2 Å². The number of nitrogens with zero attached hydrogens (tertiary/aromatic N) is 1. The molecule has 2 unspecified atom stereocenters. The highest BCUT2D eigenvalue weighted by atomic mass is 35.5. The van der Waals surface area contributed by atoms with Crippen LogP contribution in [0.3, 0.4) is 0 Å². The van der Waals surface area contributed by atoms with Crippen LogP contribution in [0.5, 0.6) is 0 Å². The Morgan fingerprint density at radius 2 is 2.00 bits per heavy atom. The minimum absolute atomic E-state index is 0.357. The maximum absolute atomic E-state index is 6.31. The summed E-state index contributed by atoms with van der Waals surface area (Å²) >= 11 is 12.3. The fraction of sp³-hybridized carbons (Fsp3) is 0.600. The van der Waals surface area contributed by atoms with Gasteiger partial charge in [0, 0.05) is 41.3 Å². The van der Waals surface area contributed by atoms with E-state index in [1.807, 2.05) is 12.1 Å². The number of rotatable bonds is 4. The molecule has 1 aromatic rings. The molecule has 3 rings (SSSR count). The van der Waals surface area contributed by atoms with E-state index in [0.717, 1.165) is 24.2 Å². The van der Waals surface area contributed by atoms with Gasteiger partial charge in [0.05, 0.1) is 0 Å². The van der Waals surface area contributed by atoms with Gasteiger partial charge in [0.1, 0.15) is 0 Å². The van der Waals surface area contributed by atoms with Crippen LogP contribution in [0.2, 0.25) is 10.0 Å². The Bertz CT molecular complexity index is 459. The molecule has 19 heavy (non-hydrogen) atoms. The maximum Gasteiger partial charge on any atom is 0.0468 e. The Hall–Kier alpha value is -0.280. The summed E-state index contributed by atoms with van der Waals surface area (Å²) in [5.74, 6) is 0. The molecule has 2 fully saturated rings. The lowest BCUT2D eigenvalue weighted by Crippen LogP contribution is -2.34. The minimum atomic E-state index is 0.357. The van der Waals surface area contributed by atoms with Gasteiger partial charge in [0.2, 0.25) is 0 Å². The summed E-state index contributed by atoms with van der Waals surface area (Å²) in [6.07, 6.45) is 3.95. The second kappa shape index (κ2) is 5.61. The maximum atomic E-state index is 6.31. The predicted molar refractivity (Wildman–Crippen MR) is 81.0 cm³/mol. The minimum Gasteiger partial charge on any atom is -0.310 e. The van der Waals surface area contributed by atoms with Gasteiger partial charge in [-0.05, 0) is 43.9 Å². The zero-order valence-electron chi connectivity index (χ0n) is 11.2. The molecule has 1 aliphatic heterocycles. The number of likely N-dealkylation sites (tertiary alicyclic amines) is 1. The average Bonchev–Trinajstić information content (AvgIpc) is 3.04. The van der Waals surface area contributed by atoms with Crippen LogP contribution in [0.1, 0.15) is 37.8 Å². The standard InChI is InChI=1S/C15H20Cl2N2/c1-10(14-5-2-11(16)8-15(14)17)19-7-6-13(9-19)18-12-3-4-12/h2,5,8,10,12-13,18H,3-4,6-7,9H2,1H3. The van der Waals surface area contributed by atoms with Gasteiger partial charge in [-0.2, -0.15) is 0 Å². The highest BCUT2D eigenvalue weighted by Crippen LogP contribution is 2.32. The highest BCUT2D eigenvalue weighted by Gasteiger charge is 2.31. The van der Waals surface area contributed by atoms with Crippen LogP contribution >= 0.6 is 23.2 Å². The van der Waals surface area contributed by atoms with Crippen LogP contribution in [0.25, 0.3) is 0 Å². The SMILES string of the molecule is CC(c1ccc(Cl)cc1Cl)N1CCC(NC2CC2)C1. The summed E-state index contributed by atoms with van der Waals surface area (Å²) < 4.78 is 0. The van der Waals surface area contributed by atoms with E-state index in [4.69, 9.17) is 23.2 Å². The van der Waals surface area contributed by atoms with Crippen molar-refractivity contribution in [2.24, 2.45) is 0 Å². The Kier molecular flexibility index (Phi) is 4.04. The van der Waals surface area contributed by atoms with E-state index in [0.29, 0.717) is 17.1 Å². The first-order valence-electron chi connectivity index (χ1n) is 7.08. The van der Waals surface area contributed by atoms with E-state index < -0.39 is 0 Å². The molecule has 4 heteroatoms. The molecule has 2 aliphatic rings. The molecule has 0 spiro atoms. The van der Waals surface area contributed by atoms with Crippen molar-refractivity contribution in [1.29, 1.82) is 0 Å². The lowest BCUT2D eigenvalue weighted by molar-refractivity contribution is 0.255. The summed E-state index contributed by atoms with van der Waals surface area (Å²) in [5.41, 5.74) is 1.18. The largest absolute Gasteiger partial charge is 0.310 e. The van der Waals surface area contributed by atoms with E-state index in [-0.39, 0.29) is 0 Å². The normalized spacial score (nSPS) is 25.7. The van der Waals surface area contributed by atoms with Gasteiger partial charge in [-0.1, -0.05) is 29.3 Å². The molecule has 1 N–H and O–H groups in total. The molecule has 0 bridgehead atoms. The van der Waals surface area contributed by atoms with E-state index in [2.05, 4.69) is 23.2 Å². The Labute approximate surface area is 125 Å². The van der Waals surface area contributed by atoms with Crippen LogP contribution in [0.4, 0.5) is 0 Å². The molecule has 1 saturated heterocycles. The van der Waals surface area contributed by atoms with E-state index in [1.165, 1.54) is 24.8 Å². The third-order valence-electron chi connectivity index (χ3n) is 4.23. The summed E-state index contributed by atoms with van der Waals surface area (Å²) in [5, 5.41) is 5.20. The number of hydrogen-bond donors (Lipinski definition) is 1. The number of halogens is 2. The van der Waals surface area contributed by atoms with Crippen LogP contribution < -0.4 is 5.32 Å². The van der Waals surface area contributed by atoms with E-state index >= 15 is 0 Å². The lowest BCUT2D eigenvalue weighted by atomic mass is 10.1. The zero-order valence-corrected chi connectivity index (χ0v) is 12.7. The Morgan fingerprint density at radius 3 is 2.68 bits per heavy atom. The molecule has 1 heterocycles. The Balaban J connectivity index is 1.64. The molecule has 1 saturated carbocycles. The first-order chi connectivity index (χ1) is 9.13. The first-order valence-corrected chi connectivity index (χ1v) is 7.84. The third kappa shape index (κ3) is 3.25. The van der Waals surface area contributed by atoms with Crippen molar-refractivity contribution in [2.75, 3.05) is 13.1 Å². The van der Waals surface area contributed by atoms with E-state index in [9.17, 15) is 0 Å². The van der Waals surface area contributed by atoms with Gasteiger partial charge >= 0.3 is 0 Å². The molecule has 104 valence electrons. The second-order valence-corrected chi connectivity index (χ2v) is 6.61. The van der Waals surface area contributed by atoms with Crippen molar-refractivity contribution < 1.29 is 0 Å². The summed E-state index contributed by atoms with van der Waals surface area (Å²) in [4.78, 5) is 2.51. The number of hydrogen-bond acceptors (Lipinski definition) is 2. The summed E-state index contributed by atoms with van der Waals surface area (Å²) in [6, 6.07) is 7.62. The molecule has 1 aromatic carbocycles. The fourth-order valence-corrected chi connectivity index (χ4v) is 3.46. The van der Waals surface area contributed by atoms with Crippen LogP contribution in [-0.2, 0) is 0 Å². The molecule has 2 atom stereocenters. The van der Waals surface area contributed by atoms with Gasteiger partial charge in [-0.3, -0.25) is 4.90 Å². The smallest absolute Gasteiger partial charge is 0.0468 e. The van der Waals surface area contributed by atoms with E-state index in [1.54, 1.807) is 0 Å².